The number of nitrogens with one attached hydrogen (secondary N) is 1. The van der Waals surface area contributed by atoms with Gasteiger partial charge in [0.05, 0.1) is 11.5 Å². The highest BCUT2D eigenvalue weighted by Gasteiger charge is 2.25. The second-order valence-electron chi connectivity index (χ2n) is 4.53. The largest absolute Gasteiger partial charge is 0.394 e. The number of nitro benzene ring substituents is 1. The van der Waals surface area contributed by atoms with Crippen LogP contribution in [0.4, 0.5) is 10.1 Å². The minimum atomic E-state index is -0.533. The Labute approximate surface area is 111 Å². The number of nitro groups is 1. The Morgan fingerprint density at radius 2 is 2.05 bits per heavy atom. The predicted molar refractivity (Wildman–Crippen MR) is 70.3 cm³/mol. The zero-order valence-electron chi connectivity index (χ0n) is 11.1. The SMILES string of the molecule is CCC(CC)(CO)NCc1cc(F)ccc1[N+](=O)[O-]. The monoisotopic (exact) mass is 270 g/mol. The summed E-state index contributed by atoms with van der Waals surface area (Å²) in [5.74, 6) is -0.509. The number of nitrogens with zero attached hydrogens (tertiary/aromatic N) is 1. The van der Waals surface area contributed by atoms with Crippen LogP contribution in [-0.4, -0.2) is 22.2 Å². The third-order valence-electron chi connectivity index (χ3n) is 3.55. The lowest BCUT2D eigenvalue weighted by molar-refractivity contribution is -0.385. The molecule has 6 heteroatoms. The number of hydrogen-bond acceptors (Lipinski definition) is 4. The van der Waals surface area contributed by atoms with Gasteiger partial charge >= 0.3 is 0 Å². The van der Waals surface area contributed by atoms with E-state index in [1.807, 2.05) is 13.8 Å². The summed E-state index contributed by atoms with van der Waals surface area (Å²) in [7, 11) is 0. The molecule has 0 fully saturated rings. The summed E-state index contributed by atoms with van der Waals surface area (Å²) in [6, 6.07) is 3.38. The van der Waals surface area contributed by atoms with Crippen molar-refractivity contribution in [2.45, 2.75) is 38.8 Å². The maximum absolute atomic E-state index is 13.2. The summed E-state index contributed by atoms with van der Waals surface area (Å²) >= 11 is 0. The molecule has 0 saturated carbocycles. The van der Waals surface area contributed by atoms with Crippen LogP contribution in [-0.2, 0) is 6.54 Å². The van der Waals surface area contributed by atoms with Gasteiger partial charge in [-0.25, -0.2) is 4.39 Å². The molecule has 0 heterocycles. The Bertz CT molecular complexity index is 439. The van der Waals surface area contributed by atoms with Crippen LogP contribution >= 0.6 is 0 Å². The first kappa shape index (κ1) is 15.5. The maximum Gasteiger partial charge on any atom is 0.274 e. The second-order valence-corrected chi connectivity index (χ2v) is 4.53. The van der Waals surface area contributed by atoms with E-state index in [1.54, 1.807) is 0 Å². The molecule has 0 spiro atoms. The van der Waals surface area contributed by atoms with Crippen LogP contribution in [0.2, 0.25) is 0 Å². The third kappa shape index (κ3) is 3.71. The van der Waals surface area contributed by atoms with Crippen LogP contribution in [0.5, 0.6) is 0 Å². The van der Waals surface area contributed by atoms with Gasteiger partial charge in [-0.15, -0.1) is 0 Å². The van der Waals surface area contributed by atoms with Crippen molar-refractivity contribution in [1.82, 2.24) is 5.32 Å². The molecule has 0 aromatic heterocycles. The number of rotatable bonds is 7. The van der Waals surface area contributed by atoms with Gasteiger partial charge in [0.25, 0.3) is 5.69 Å². The second kappa shape index (κ2) is 6.58. The molecule has 1 aromatic carbocycles. The Balaban J connectivity index is 2.93. The fourth-order valence-corrected chi connectivity index (χ4v) is 1.94. The standard InChI is InChI=1S/C13H19FN2O3/c1-3-13(4-2,9-17)15-8-10-7-11(14)5-6-12(10)16(18)19/h5-7,15,17H,3-4,8-9H2,1-2H3. The van der Waals surface area contributed by atoms with Crippen LogP contribution in [0.25, 0.3) is 0 Å². The highest BCUT2D eigenvalue weighted by Crippen LogP contribution is 2.21. The number of benzene rings is 1. The topological polar surface area (TPSA) is 75.4 Å². The number of aliphatic hydroxyl groups is 1. The molecule has 0 aliphatic carbocycles. The van der Waals surface area contributed by atoms with Crippen LogP contribution < -0.4 is 5.32 Å². The zero-order valence-corrected chi connectivity index (χ0v) is 11.1. The Morgan fingerprint density at radius 1 is 1.42 bits per heavy atom. The fourth-order valence-electron chi connectivity index (χ4n) is 1.94. The van der Waals surface area contributed by atoms with Gasteiger partial charge in [-0.05, 0) is 25.0 Å². The summed E-state index contributed by atoms with van der Waals surface area (Å²) in [5, 5.41) is 23.4. The van der Waals surface area contributed by atoms with Gasteiger partial charge in [0.2, 0.25) is 0 Å². The van der Waals surface area contributed by atoms with Crippen LogP contribution in [0.1, 0.15) is 32.3 Å². The van der Waals surface area contributed by atoms with Crippen molar-refractivity contribution >= 4 is 5.69 Å². The lowest BCUT2D eigenvalue weighted by atomic mass is 9.93. The van der Waals surface area contributed by atoms with E-state index in [-0.39, 0.29) is 24.4 Å². The van der Waals surface area contributed by atoms with E-state index in [0.717, 1.165) is 18.2 Å². The van der Waals surface area contributed by atoms with Crippen molar-refractivity contribution in [1.29, 1.82) is 0 Å². The normalized spacial score (nSPS) is 11.6. The Hall–Kier alpha value is -1.53. The van der Waals surface area contributed by atoms with Crippen LogP contribution in [0.3, 0.4) is 0 Å². The molecule has 0 amide bonds. The minimum absolute atomic E-state index is 0.0664. The summed E-state index contributed by atoms with van der Waals surface area (Å²) in [4.78, 5) is 10.3. The molecular formula is C13H19FN2O3. The lowest BCUT2D eigenvalue weighted by Gasteiger charge is -2.30. The maximum atomic E-state index is 13.2. The van der Waals surface area contributed by atoms with Crippen LogP contribution in [0, 0.1) is 15.9 Å². The van der Waals surface area contributed by atoms with Gasteiger partial charge in [-0.1, -0.05) is 13.8 Å². The molecular weight excluding hydrogens is 251 g/mol. The molecule has 0 aliphatic rings. The fraction of sp³-hybridized carbons (Fsp3) is 0.538. The Kier molecular flexibility index (Phi) is 5.38. The van der Waals surface area contributed by atoms with Gasteiger partial charge in [-0.3, -0.25) is 10.1 Å². The number of aliphatic hydroxyl groups excluding tert-OH is 1. The molecule has 0 radical (unpaired) electrons. The lowest BCUT2D eigenvalue weighted by Crippen LogP contribution is -2.47. The smallest absolute Gasteiger partial charge is 0.274 e. The highest BCUT2D eigenvalue weighted by atomic mass is 19.1. The molecule has 106 valence electrons. The van der Waals surface area contributed by atoms with E-state index in [9.17, 15) is 19.6 Å². The molecule has 5 nitrogen and oxygen atoms in total. The van der Waals surface area contributed by atoms with E-state index in [4.69, 9.17) is 0 Å². The molecule has 19 heavy (non-hydrogen) atoms. The molecule has 0 aliphatic heterocycles. The number of hydrogen-bond donors (Lipinski definition) is 2. The summed E-state index contributed by atoms with van der Waals surface area (Å²) in [6.45, 7) is 3.93. The molecule has 0 atom stereocenters. The van der Waals surface area contributed by atoms with Crippen molar-refractivity contribution in [2.75, 3.05) is 6.61 Å². The summed E-state index contributed by atoms with van der Waals surface area (Å²) in [5.41, 5.74) is -0.321. The molecule has 1 rings (SSSR count). The third-order valence-corrected chi connectivity index (χ3v) is 3.55. The van der Waals surface area contributed by atoms with Crippen molar-refractivity contribution in [2.24, 2.45) is 0 Å². The van der Waals surface area contributed by atoms with Gasteiger partial charge < -0.3 is 10.4 Å². The molecule has 2 N–H and O–H groups in total. The predicted octanol–water partition coefficient (Wildman–Crippen LogP) is 2.37. The van der Waals surface area contributed by atoms with Gasteiger partial charge in [0, 0.05) is 23.7 Å². The average Bonchev–Trinajstić information content (AvgIpc) is 2.40. The number of halogens is 1. The minimum Gasteiger partial charge on any atom is -0.394 e. The summed E-state index contributed by atoms with van der Waals surface area (Å²) < 4.78 is 13.2. The van der Waals surface area contributed by atoms with E-state index in [2.05, 4.69) is 5.32 Å². The molecule has 1 aromatic rings. The van der Waals surface area contributed by atoms with Crippen molar-refractivity contribution < 1.29 is 14.4 Å². The first-order valence-electron chi connectivity index (χ1n) is 6.26. The molecule has 0 unspecified atom stereocenters. The van der Waals surface area contributed by atoms with E-state index < -0.39 is 16.3 Å². The Morgan fingerprint density at radius 3 is 2.53 bits per heavy atom. The zero-order chi connectivity index (χ0) is 14.5. The highest BCUT2D eigenvalue weighted by molar-refractivity contribution is 5.40. The van der Waals surface area contributed by atoms with Crippen molar-refractivity contribution in [3.63, 3.8) is 0 Å². The summed E-state index contributed by atoms with van der Waals surface area (Å²) in [6.07, 6.45) is 1.37. The van der Waals surface area contributed by atoms with Crippen LogP contribution in [0.15, 0.2) is 18.2 Å². The van der Waals surface area contributed by atoms with Gasteiger partial charge in [-0.2, -0.15) is 0 Å². The van der Waals surface area contributed by atoms with E-state index in [1.165, 1.54) is 0 Å². The average molecular weight is 270 g/mol. The quantitative estimate of drug-likeness (QED) is 0.589. The molecule has 0 saturated heterocycles. The first-order chi connectivity index (χ1) is 8.98. The van der Waals surface area contributed by atoms with Crippen molar-refractivity contribution in [3.8, 4) is 0 Å². The first-order valence-corrected chi connectivity index (χ1v) is 6.26. The van der Waals surface area contributed by atoms with E-state index in [0.29, 0.717) is 12.8 Å². The van der Waals surface area contributed by atoms with Crippen molar-refractivity contribution in [3.05, 3.63) is 39.7 Å². The van der Waals surface area contributed by atoms with Gasteiger partial charge in [0.1, 0.15) is 5.82 Å². The molecule has 0 bridgehead atoms. The van der Waals surface area contributed by atoms with E-state index >= 15 is 0 Å². The van der Waals surface area contributed by atoms with Gasteiger partial charge in [0.15, 0.2) is 0 Å².